The molecule has 1 aliphatic rings. The Morgan fingerprint density at radius 3 is 1.29 bits per heavy atom. The Morgan fingerprint density at radius 1 is 0.398 bits per heavy atom. The lowest BCUT2D eigenvalue weighted by molar-refractivity contribution is -0.118. The fraction of sp³-hybridized carbons (Fsp3) is 0.186. The van der Waals surface area contributed by atoms with Gasteiger partial charge in [0.25, 0.3) is 17.0 Å². The third-order valence-corrected chi connectivity index (χ3v) is 19.9. The largest absolute Gasteiger partial charge is 0.481 e. The second-order valence-corrected chi connectivity index (χ2v) is 26.4. The second-order valence-electron chi connectivity index (χ2n) is 26.4. The molecule has 0 bridgehead atoms. The predicted molar refractivity (Wildman–Crippen MR) is 424 cm³/mol. The van der Waals surface area contributed by atoms with E-state index in [4.69, 9.17) is 13.6 Å². The monoisotopic (exact) mass is 1440 g/mol. The van der Waals surface area contributed by atoms with Crippen LogP contribution in [0.2, 0.25) is 0 Å². The molecule has 0 atom stereocenters. The lowest BCUT2D eigenvalue weighted by Gasteiger charge is -2.18. The number of fused-ring (bicyclic) bond motifs is 21. The number of aryl methyl sites for hydroxylation is 5. The second kappa shape index (κ2) is 30.5. The van der Waals surface area contributed by atoms with Crippen LogP contribution in [0.3, 0.4) is 0 Å². The third kappa shape index (κ3) is 12.8. The van der Waals surface area contributed by atoms with Crippen LogP contribution in [0.15, 0.2) is 244 Å². The summed E-state index contributed by atoms with van der Waals surface area (Å²) in [6.07, 6.45) is 11.5. The van der Waals surface area contributed by atoms with Crippen molar-refractivity contribution in [1.82, 2.24) is 58.2 Å². The molecule has 19 nitrogen and oxygen atoms in total. The Hall–Kier alpha value is -13.1. The first kappa shape index (κ1) is 69.3. The Labute approximate surface area is 614 Å². The Bertz CT molecular complexity index is 6650. The maximum Gasteiger partial charge on any atom is 0.262 e. The van der Waals surface area contributed by atoms with Crippen molar-refractivity contribution in [2.75, 3.05) is 31.9 Å². The molecule has 19 aromatic rings. The van der Waals surface area contributed by atoms with Gasteiger partial charge < -0.3 is 51.7 Å². The number of aromatic nitrogens is 12. The van der Waals surface area contributed by atoms with Crippen molar-refractivity contribution in [2.45, 2.75) is 78.7 Å². The normalized spacial score (nSPS) is 12.1. The minimum absolute atomic E-state index is 0.00387. The van der Waals surface area contributed by atoms with Crippen LogP contribution >= 0.6 is 0 Å². The summed E-state index contributed by atoms with van der Waals surface area (Å²) in [6, 6.07) is 64.9. The molecule has 0 radical (unpaired) electrons. The first-order chi connectivity index (χ1) is 53.2. The van der Waals surface area contributed by atoms with Gasteiger partial charge in [0.2, 0.25) is 24.6 Å². The molecule has 0 unspecified atom stereocenters. The van der Waals surface area contributed by atoms with E-state index in [0.29, 0.717) is 67.5 Å². The van der Waals surface area contributed by atoms with Crippen molar-refractivity contribution in [1.29, 1.82) is 0 Å². The molecule has 11 heterocycles. The minimum atomic E-state index is -0.362. The highest BCUT2D eigenvalue weighted by Gasteiger charge is 2.24. The van der Waals surface area contributed by atoms with Crippen LogP contribution in [0.5, 0.6) is 5.75 Å². The number of amides is 1. The summed E-state index contributed by atoms with van der Waals surface area (Å²) in [7, 11) is 0. The number of nitrogens with one attached hydrogen (secondary N) is 3. The van der Waals surface area contributed by atoms with Crippen LogP contribution in [-0.4, -0.2) is 90.7 Å². The lowest BCUT2D eigenvalue weighted by atomic mass is 10.1. The van der Waals surface area contributed by atoms with Crippen molar-refractivity contribution in [3.05, 3.63) is 246 Å². The number of para-hydroxylation sites is 4. The number of pyridine rings is 3. The molecule has 0 saturated carbocycles. The van der Waals surface area contributed by atoms with E-state index in [2.05, 4.69) is 168 Å². The predicted octanol–water partition coefficient (Wildman–Crippen LogP) is 19.4. The Kier molecular flexibility index (Phi) is 19.6. The molecule has 1 amide bonds. The summed E-state index contributed by atoms with van der Waals surface area (Å²) in [4.78, 5) is 45.5. The zero-order valence-electron chi connectivity index (χ0n) is 59.3. The lowest BCUT2D eigenvalue weighted by Crippen LogP contribution is -2.25. The van der Waals surface area contributed by atoms with Crippen LogP contribution in [-0.2, 0) is 37.5 Å². The van der Waals surface area contributed by atoms with Crippen molar-refractivity contribution < 1.29 is 31.5 Å². The summed E-state index contributed by atoms with van der Waals surface area (Å²) in [5.41, 5.74) is 14.4. The third-order valence-electron chi connectivity index (χ3n) is 19.9. The highest BCUT2D eigenvalue weighted by Crippen LogP contribution is 2.42. The van der Waals surface area contributed by atoms with Gasteiger partial charge in [0.1, 0.15) is 0 Å². The molecule has 108 heavy (non-hydrogen) atoms. The number of carbonyl (C=O) groups is 1. The number of aromatic amines is 2. The number of hydrogen-bond donors (Lipinski definition) is 3. The molecule has 22 heteroatoms. The maximum atomic E-state index is 12.6. The van der Waals surface area contributed by atoms with Gasteiger partial charge in [-0.3, -0.25) is 32.5 Å². The van der Waals surface area contributed by atoms with E-state index >= 15 is 0 Å². The quantitative estimate of drug-likeness (QED) is 0.0876. The number of benzene rings is 9. The molecule has 20 rings (SSSR count). The van der Waals surface area contributed by atoms with Crippen molar-refractivity contribution in [3.63, 3.8) is 0 Å². The number of H-pyrrole nitrogens is 2. The van der Waals surface area contributed by atoms with E-state index in [-0.39, 0.29) is 43.7 Å². The molecular formula is C86H74F3N13O6. The molecule has 3 N–H and O–H groups in total. The van der Waals surface area contributed by atoms with Crippen molar-refractivity contribution in [3.8, 4) is 28.7 Å². The average Bonchev–Trinajstić information content (AvgIpc) is 1.60. The summed E-state index contributed by atoms with van der Waals surface area (Å²) < 4.78 is 65.1. The van der Waals surface area contributed by atoms with Crippen LogP contribution < -0.4 is 21.2 Å². The van der Waals surface area contributed by atoms with Crippen LogP contribution in [0.4, 0.5) is 18.9 Å². The fourth-order valence-electron chi connectivity index (χ4n) is 15.4. The van der Waals surface area contributed by atoms with Crippen molar-refractivity contribution in [2.24, 2.45) is 0 Å². The van der Waals surface area contributed by atoms with Crippen LogP contribution in [0.25, 0.3) is 154 Å². The van der Waals surface area contributed by atoms with Crippen LogP contribution in [0, 0.1) is 0 Å². The van der Waals surface area contributed by atoms with E-state index in [1.807, 2.05) is 103 Å². The topological polar surface area (TPSA) is 219 Å². The van der Waals surface area contributed by atoms with E-state index in [0.717, 1.165) is 119 Å². The SMILES string of the molecule is CCCn1c2ccccc2c2c3cc[nH]c(=O)c3ccc21.CCCn1c2ccccc2c2cc(-c3nnco3)ccc21.FCCCn1c2ccccc2c2cc(-c3nnco3)ccc21.O=C1COc2c(ccc3c2c2ncccc2n3CCCF)N1.O=c1[nH]ccc2c1ccc1c2c2ccccc2n1CCCF. The summed E-state index contributed by atoms with van der Waals surface area (Å²) in [5, 5.41) is 31.8. The summed E-state index contributed by atoms with van der Waals surface area (Å²) >= 11 is 0. The smallest absolute Gasteiger partial charge is 0.262 e. The molecule has 10 aromatic heterocycles. The first-order valence-electron chi connectivity index (χ1n) is 36.3. The van der Waals surface area contributed by atoms with Gasteiger partial charge in [-0.1, -0.05) is 86.6 Å². The fourth-order valence-corrected chi connectivity index (χ4v) is 15.4. The molecule has 0 spiro atoms. The van der Waals surface area contributed by atoms with E-state index in [1.165, 1.54) is 56.4 Å². The Morgan fingerprint density at radius 2 is 0.806 bits per heavy atom. The molecule has 540 valence electrons. The highest BCUT2D eigenvalue weighted by atomic mass is 19.1. The van der Waals surface area contributed by atoms with E-state index in [1.54, 1.807) is 18.6 Å². The zero-order chi connectivity index (χ0) is 73.8. The minimum Gasteiger partial charge on any atom is -0.481 e. The standard InChI is InChI=1S/C18H15FN2O.C18H16N2O.C17H14FN3O.C17H15N3O.C16H14FN3O2/c19-9-3-11-21-15-5-2-1-4-14(15)17-12-8-10-20-18(22)13(12)6-7-16(17)21;1-2-11-20-15-6-4-3-5-14(15)17-12-9-10-19-18(21)13(12)7-8-16(17)20;18-8-3-9-21-15-5-2-1-4-13(15)14-10-12(6-7-16(14)21)17-20-19-11-22-17;1-2-9-20-15-6-4-3-5-13(15)14-10-12(7-8-16(14)20)17-19-18-11-21-17;17-6-2-8-20-11-5-4-10-16(22-9-13(21)19-10)14(11)15-12(20)3-1-7-18-15/h1-2,4-8,10H,3,9,11H2,(H,20,22);3-10H,2,11H2,1H3,(H,19,21);1-2,4-7,10-11H,3,8-9H2;3-8,10-11H,2,9H2,1H3;1,3-5,7H,2,6,8-9H2,(H,19,21). The number of alkyl halides is 3. The Balaban J connectivity index is 0.000000103. The highest BCUT2D eigenvalue weighted by molar-refractivity contribution is 6.22. The zero-order valence-corrected chi connectivity index (χ0v) is 59.3. The van der Waals surface area contributed by atoms with Gasteiger partial charge in [0, 0.05) is 160 Å². The number of rotatable bonds is 15. The van der Waals surface area contributed by atoms with Gasteiger partial charge in [-0.05, 0) is 164 Å². The number of hydrogen-bond acceptors (Lipinski definition) is 11. The number of halogens is 3. The molecule has 0 aliphatic carbocycles. The average molecular weight is 1440 g/mol. The van der Waals surface area contributed by atoms with Crippen LogP contribution in [0.1, 0.15) is 46.0 Å². The van der Waals surface area contributed by atoms with Gasteiger partial charge in [-0.15, -0.1) is 20.4 Å². The van der Waals surface area contributed by atoms with Gasteiger partial charge in [0.15, 0.2) is 12.4 Å². The molecule has 0 fully saturated rings. The van der Waals surface area contributed by atoms with Gasteiger partial charge in [0.05, 0.1) is 47.6 Å². The molecule has 0 saturated heterocycles. The summed E-state index contributed by atoms with van der Waals surface area (Å²) in [5.74, 6) is 1.53. The molecule has 1 aliphatic heterocycles. The van der Waals surface area contributed by atoms with Crippen molar-refractivity contribution >= 4 is 142 Å². The number of carbonyl (C=O) groups excluding carboxylic acids is 1. The van der Waals surface area contributed by atoms with E-state index in [9.17, 15) is 27.6 Å². The molecule has 9 aromatic carbocycles. The van der Waals surface area contributed by atoms with E-state index < -0.39 is 0 Å². The number of nitrogens with zero attached hydrogens (tertiary/aromatic N) is 10. The maximum absolute atomic E-state index is 12.6. The first-order valence-corrected chi connectivity index (χ1v) is 36.3. The summed E-state index contributed by atoms with van der Waals surface area (Å²) in [6.45, 7) is 7.26. The van der Waals surface area contributed by atoms with Gasteiger partial charge >= 0.3 is 0 Å². The number of anilines is 1. The van der Waals surface area contributed by atoms with Gasteiger partial charge in [-0.2, -0.15) is 0 Å². The number of ether oxygens (including phenoxy) is 1. The molecular weight excluding hydrogens is 1370 g/mol. The van der Waals surface area contributed by atoms with Gasteiger partial charge in [-0.25, -0.2) is 0 Å².